The van der Waals surface area contributed by atoms with Crippen LogP contribution in [0.15, 0.2) is 47.4 Å². The van der Waals surface area contributed by atoms with Crippen molar-refractivity contribution in [3.05, 3.63) is 53.6 Å². The minimum Gasteiger partial charge on any atom is -0.380 e. The van der Waals surface area contributed by atoms with Crippen molar-refractivity contribution in [1.29, 1.82) is 0 Å². The number of rotatable bonds is 5. The van der Waals surface area contributed by atoms with Gasteiger partial charge in [0.05, 0.1) is 11.0 Å². The van der Waals surface area contributed by atoms with Gasteiger partial charge in [0.2, 0.25) is 0 Å². The molecule has 1 saturated heterocycles. The molecule has 1 fully saturated rings. The zero-order valence-electron chi connectivity index (χ0n) is 15.5. The summed E-state index contributed by atoms with van der Waals surface area (Å²) in [6.07, 6.45) is 2.44. The lowest BCUT2D eigenvalue weighted by Gasteiger charge is -2.33. The molecule has 0 spiro atoms. The van der Waals surface area contributed by atoms with Gasteiger partial charge in [-0.15, -0.1) is 0 Å². The maximum atomic E-state index is 12.7. The first-order valence-corrected chi connectivity index (χ1v) is 10.4. The van der Waals surface area contributed by atoms with E-state index < -0.39 is 10.0 Å². The van der Waals surface area contributed by atoms with E-state index in [1.54, 1.807) is 13.2 Å². The first kappa shape index (κ1) is 18.7. The van der Waals surface area contributed by atoms with Gasteiger partial charge in [-0.3, -0.25) is 4.72 Å². The largest absolute Gasteiger partial charge is 0.380 e. The summed E-state index contributed by atoms with van der Waals surface area (Å²) in [4.78, 5) is 2.59. The van der Waals surface area contributed by atoms with Crippen LogP contribution in [0, 0.1) is 13.8 Å². The van der Waals surface area contributed by atoms with Crippen molar-refractivity contribution >= 4 is 21.4 Å². The predicted octanol–water partition coefficient (Wildman–Crippen LogP) is 3.72. The second kappa shape index (κ2) is 7.68. The van der Waals surface area contributed by atoms with Gasteiger partial charge in [-0.05, 0) is 62.6 Å². The number of hydrogen-bond acceptors (Lipinski definition) is 4. The van der Waals surface area contributed by atoms with E-state index in [9.17, 15) is 8.42 Å². The predicted molar refractivity (Wildman–Crippen MR) is 105 cm³/mol. The second-order valence-corrected chi connectivity index (χ2v) is 8.52. The summed E-state index contributed by atoms with van der Waals surface area (Å²) in [5.74, 6) is 0. The normalized spacial score (nSPS) is 18.0. The Morgan fingerprint density at radius 3 is 2.50 bits per heavy atom. The highest BCUT2D eigenvalue weighted by Gasteiger charge is 2.20. The van der Waals surface area contributed by atoms with Gasteiger partial charge in [0.1, 0.15) is 0 Å². The fourth-order valence-corrected chi connectivity index (χ4v) is 4.70. The van der Waals surface area contributed by atoms with Gasteiger partial charge in [-0.1, -0.05) is 17.7 Å². The van der Waals surface area contributed by atoms with Crippen molar-refractivity contribution in [2.24, 2.45) is 0 Å². The fraction of sp³-hybridized carbons (Fsp3) is 0.400. The van der Waals surface area contributed by atoms with Gasteiger partial charge in [0.25, 0.3) is 10.0 Å². The number of methoxy groups -OCH3 is 1. The standard InChI is InChI=1S/C20H26N2O3S/c1-15-6-11-20(16(2)13-15)26(23,24)21-17-7-9-18(10-8-17)22-12-4-5-19(14-22)25-3/h6-11,13,19,21H,4-5,12,14H2,1-3H3. The molecule has 1 heterocycles. The van der Waals surface area contributed by atoms with Crippen LogP contribution in [-0.4, -0.2) is 34.7 Å². The van der Waals surface area contributed by atoms with E-state index in [0.29, 0.717) is 10.6 Å². The lowest BCUT2D eigenvalue weighted by molar-refractivity contribution is 0.0893. The number of ether oxygens (including phenoxy) is 1. The molecule has 2 aromatic carbocycles. The summed E-state index contributed by atoms with van der Waals surface area (Å²) in [5, 5.41) is 0. The summed E-state index contributed by atoms with van der Waals surface area (Å²) in [5.41, 5.74) is 3.44. The van der Waals surface area contributed by atoms with Crippen molar-refractivity contribution in [3.8, 4) is 0 Å². The molecule has 1 unspecified atom stereocenters. The second-order valence-electron chi connectivity index (χ2n) is 6.87. The maximum Gasteiger partial charge on any atom is 0.262 e. The lowest BCUT2D eigenvalue weighted by atomic mass is 10.1. The zero-order valence-corrected chi connectivity index (χ0v) is 16.3. The minimum atomic E-state index is -3.59. The molecule has 0 aliphatic carbocycles. The summed E-state index contributed by atoms with van der Waals surface area (Å²) in [7, 11) is -1.85. The van der Waals surface area contributed by atoms with E-state index in [-0.39, 0.29) is 6.10 Å². The van der Waals surface area contributed by atoms with E-state index in [2.05, 4.69) is 9.62 Å². The Bertz CT molecular complexity index is 863. The summed E-state index contributed by atoms with van der Waals surface area (Å²) in [6, 6.07) is 12.9. The Morgan fingerprint density at radius 1 is 1.12 bits per heavy atom. The Kier molecular flexibility index (Phi) is 5.53. The molecule has 26 heavy (non-hydrogen) atoms. The Balaban J connectivity index is 1.74. The van der Waals surface area contributed by atoms with Gasteiger partial charge in [0.15, 0.2) is 0 Å². The van der Waals surface area contributed by atoms with Gasteiger partial charge in [-0.25, -0.2) is 8.42 Å². The Hall–Kier alpha value is -2.05. The summed E-state index contributed by atoms with van der Waals surface area (Å²) >= 11 is 0. The zero-order chi connectivity index (χ0) is 18.7. The SMILES string of the molecule is COC1CCCN(c2ccc(NS(=O)(=O)c3ccc(C)cc3C)cc2)C1. The van der Waals surface area contributed by atoms with Gasteiger partial charge in [0, 0.05) is 31.6 Å². The molecule has 1 N–H and O–H groups in total. The molecule has 3 rings (SSSR count). The molecule has 5 nitrogen and oxygen atoms in total. The molecule has 1 atom stereocenters. The number of piperidine rings is 1. The van der Waals surface area contributed by atoms with E-state index in [0.717, 1.165) is 42.7 Å². The average molecular weight is 375 g/mol. The number of sulfonamides is 1. The average Bonchev–Trinajstić information content (AvgIpc) is 2.61. The van der Waals surface area contributed by atoms with E-state index in [1.165, 1.54) is 0 Å². The van der Waals surface area contributed by atoms with Crippen molar-refractivity contribution in [2.45, 2.75) is 37.7 Å². The molecule has 0 amide bonds. The van der Waals surface area contributed by atoms with Crippen LogP contribution in [0.25, 0.3) is 0 Å². The summed E-state index contributed by atoms with van der Waals surface area (Å²) in [6.45, 7) is 5.62. The third-order valence-corrected chi connectivity index (χ3v) is 6.36. The fourth-order valence-electron chi connectivity index (χ4n) is 3.42. The van der Waals surface area contributed by atoms with Crippen LogP contribution >= 0.6 is 0 Å². The molecule has 0 saturated carbocycles. The van der Waals surface area contributed by atoms with E-state index >= 15 is 0 Å². The number of nitrogens with zero attached hydrogens (tertiary/aromatic N) is 1. The highest BCUT2D eigenvalue weighted by atomic mass is 32.2. The van der Waals surface area contributed by atoms with Gasteiger partial charge >= 0.3 is 0 Å². The maximum absolute atomic E-state index is 12.7. The molecule has 1 aliphatic heterocycles. The lowest BCUT2D eigenvalue weighted by Crippen LogP contribution is -2.39. The molecular weight excluding hydrogens is 348 g/mol. The Labute approximate surface area is 156 Å². The van der Waals surface area contributed by atoms with Gasteiger partial charge < -0.3 is 9.64 Å². The van der Waals surface area contributed by atoms with Crippen molar-refractivity contribution in [1.82, 2.24) is 0 Å². The topological polar surface area (TPSA) is 58.6 Å². The number of anilines is 2. The molecular formula is C20H26N2O3S. The molecule has 2 aromatic rings. The minimum absolute atomic E-state index is 0.256. The van der Waals surface area contributed by atoms with Crippen LogP contribution in [-0.2, 0) is 14.8 Å². The highest BCUT2D eigenvalue weighted by molar-refractivity contribution is 7.92. The number of hydrogen-bond donors (Lipinski definition) is 1. The first-order valence-electron chi connectivity index (χ1n) is 8.87. The first-order chi connectivity index (χ1) is 12.4. The van der Waals surface area contributed by atoms with Crippen LogP contribution in [0.5, 0.6) is 0 Å². The number of aryl methyl sites for hydroxylation is 2. The molecule has 140 valence electrons. The number of nitrogens with one attached hydrogen (secondary N) is 1. The van der Waals surface area contributed by atoms with Crippen LogP contribution in [0.4, 0.5) is 11.4 Å². The number of benzene rings is 2. The van der Waals surface area contributed by atoms with E-state index in [1.807, 2.05) is 50.2 Å². The van der Waals surface area contributed by atoms with Crippen LogP contribution in [0.3, 0.4) is 0 Å². The smallest absolute Gasteiger partial charge is 0.262 e. The monoisotopic (exact) mass is 374 g/mol. The molecule has 1 aliphatic rings. The third-order valence-electron chi connectivity index (χ3n) is 4.82. The third kappa shape index (κ3) is 4.19. The van der Waals surface area contributed by atoms with Crippen molar-refractivity contribution in [3.63, 3.8) is 0 Å². The van der Waals surface area contributed by atoms with Gasteiger partial charge in [-0.2, -0.15) is 0 Å². The quantitative estimate of drug-likeness (QED) is 0.867. The van der Waals surface area contributed by atoms with Crippen LogP contribution in [0.1, 0.15) is 24.0 Å². The highest BCUT2D eigenvalue weighted by Crippen LogP contribution is 2.25. The van der Waals surface area contributed by atoms with Crippen LogP contribution < -0.4 is 9.62 Å². The Morgan fingerprint density at radius 2 is 1.85 bits per heavy atom. The summed E-state index contributed by atoms with van der Waals surface area (Å²) < 4.78 is 33.5. The molecule has 0 aromatic heterocycles. The molecule has 6 heteroatoms. The van der Waals surface area contributed by atoms with E-state index in [4.69, 9.17) is 4.74 Å². The van der Waals surface area contributed by atoms with Crippen LogP contribution in [0.2, 0.25) is 0 Å². The van der Waals surface area contributed by atoms with Crippen molar-refractivity contribution < 1.29 is 13.2 Å². The van der Waals surface area contributed by atoms with Crippen molar-refractivity contribution in [2.75, 3.05) is 29.8 Å². The molecule has 0 bridgehead atoms. The molecule has 0 radical (unpaired) electrons.